The average Bonchev–Trinajstić information content (AvgIpc) is 3.13. The number of amides is 2. The van der Waals surface area contributed by atoms with Gasteiger partial charge in [-0.25, -0.2) is 4.98 Å². The van der Waals surface area contributed by atoms with E-state index in [0.717, 1.165) is 41.7 Å². The fraction of sp³-hybridized carbons (Fsp3) is 0.300. The minimum Gasteiger partial charge on any atom is -0.296 e. The lowest BCUT2D eigenvalue weighted by Gasteiger charge is -2.16. The minimum absolute atomic E-state index is 0.0598. The molecule has 2 N–H and O–H groups in total. The summed E-state index contributed by atoms with van der Waals surface area (Å²) in [5, 5.41) is 0.498. The van der Waals surface area contributed by atoms with E-state index < -0.39 is 11.8 Å². The third kappa shape index (κ3) is 4.25. The number of aromatic nitrogens is 2. The van der Waals surface area contributed by atoms with Gasteiger partial charge in [-0.2, -0.15) is 0 Å². The van der Waals surface area contributed by atoms with Gasteiger partial charge in [0.05, 0.1) is 19.6 Å². The molecule has 2 amide bonds. The van der Waals surface area contributed by atoms with Crippen LogP contribution in [0.25, 0.3) is 10.9 Å². The number of rotatable bonds is 2. The van der Waals surface area contributed by atoms with Crippen LogP contribution in [0.2, 0.25) is 0 Å². The number of carbonyl (C=O) groups is 2. The fourth-order valence-electron chi connectivity index (χ4n) is 3.42. The second-order valence-corrected chi connectivity index (χ2v) is 9.36. The highest BCUT2D eigenvalue weighted by Crippen LogP contribution is 2.21. The Morgan fingerprint density at radius 1 is 1.03 bits per heavy atom. The number of carbonyl (C=O) groups excluding carboxylic acids is 2. The molecule has 0 saturated carbocycles. The van der Waals surface area contributed by atoms with Gasteiger partial charge in [-0.15, -0.1) is 11.3 Å². The second-order valence-electron chi connectivity index (χ2n) is 6.89. The summed E-state index contributed by atoms with van der Waals surface area (Å²) in [6, 6.07) is 8.23. The van der Waals surface area contributed by atoms with Crippen LogP contribution in [0.4, 0.5) is 0 Å². The Bertz CT molecular complexity index is 1150. The number of hydrazine groups is 1. The summed E-state index contributed by atoms with van der Waals surface area (Å²) in [4.78, 5) is 42.5. The van der Waals surface area contributed by atoms with Gasteiger partial charge in [0.15, 0.2) is 0 Å². The third-order valence-corrected chi connectivity index (χ3v) is 6.54. The summed E-state index contributed by atoms with van der Waals surface area (Å²) in [7, 11) is 0. The van der Waals surface area contributed by atoms with Gasteiger partial charge in [0.1, 0.15) is 5.82 Å². The molecular weight excluding hydrogens is 456 g/mol. The van der Waals surface area contributed by atoms with Crippen molar-refractivity contribution < 1.29 is 9.59 Å². The Kier molecular flexibility index (Phi) is 5.77. The molecule has 0 fully saturated rings. The van der Waals surface area contributed by atoms with E-state index in [-0.39, 0.29) is 5.56 Å². The number of hydrogen-bond donors (Lipinski definition) is 2. The number of thiophene rings is 1. The molecule has 0 unspecified atom stereocenters. The maximum Gasteiger partial charge on any atom is 0.279 e. The molecule has 1 aromatic carbocycles. The van der Waals surface area contributed by atoms with E-state index in [2.05, 4.69) is 31.8 Å². The second kappa shape index (κ2) is 8.46. The number of aryl methyl sites for hydroxylation is 1. The maximum absolute atomic E-state index is 12.9. The molecule has 9 heteroatoms. The lowest BCUT2D eigenvalue weighted by Crippen LogP contribution is -2.41. The molecule has 1 aliphatic heterocycles. The highest BCUT2D eigenvalue weighted by atomic mass is 79.9. The average molecular weight is 475 g/mol. The smallest absolute Gasteiger partial charge is 0.279 e. The van der Waals surface area contributed by atoms with Gasteiger partial charge >= 0.3 is 0 Å². The molecule has 29 heavy (non-hydrogen) atoms. The summed E-state index contributed by atoms with van der Waals surface area (Å²) in [6.45, 7) is 0.685. The first kappa shape index (κ1) is 19.8. The molecule has 7 nitrogen and oxygen atoms in total. The first-order valence-electron chi connectivity index (χ1n) is 9.42. The Morgan fingerprint density at radius 3 is 2.62 bits per heavy atom. The molecular formula is C20H19BrN4O3S. The van der Waals surface area contributed by atoms with Crippen molar-refractivity contribution in [2.45, 2.75) is 38.6 Å². The Labute approximate surface area is 179 Å². The van der Waals surface area contributed by atoms with E-state index in [9.17, 15) is 14.4 Å². The Hall–Kier alpha value is -2.52. The number of fused-ring (bicyclic) bond motifs is 2. The van der Waals surface area contributed by atoms with E-state index in [0.29, 0.717) is 27.9 Å². The molecule has 3 heterocycles. The van der Waals surface area contributed by atoms with Crippen LogP contribution in [-0.2, 0) is 13.0 Å². The normalized spacial score (nSPS) is 14.0. The fourth-order valence-corrected chi connectivity index (χ4v) is 4.70. The molecule has 1 aliphatic rings. The first-order valence-corrected chi connectivity index (χ1v) is 11.0. The van der Waals surface area contributed by atoms with Crippen LogP contribution in [0, 0.1) is 0 Å². The minimum atomic E-state index is -0.468. The van der Waals surface area contributed by atoms with E-state index in [4.69, 9.17) is 0 Å². The molecule has 0 aliphatic carbocycles. The molecule has 0 bridgehead atoms. The lowest BCUT2D eigenvalue weighted by molar-refractivity contribution is 0.0849. The van der Waals surface area contributed by atoms with Crippen molar-refractivity contribution in [2.75, 3.05) is 0 Å². The summed E-state index contributed by atoms with van der Waals surface area (Å²) < 4.78 is 2.59. The first-order chi connectivity index (χ1) is 14.0. The standard InChI is InChI=1S/C20H19BrN4O3S/c21-16-9-8-15(29-16)19(27)24-23-18(26)12-6-7-13-14(11-12)22-17-5-3-1-2-4-10-25(17)20(13)28/h6-9,11H,1-5,10H2,(H,23,26)(H,24,27). The number of nitrogens with zero attached hydrogens (tertiary/aromatic N) is 2. The van der Waals surface area contributed by atoms with Crippen LogP contribution in [0.5, 0.6) is 0 Å². The molecule has 0 saturated heterocycles. The van der Waals surface area contributed by atoms with Crippen molar-refractivity contribution in [3.8, 4) is 0 Å². The number of halogens is 1. The summed E-state index contributed by atoms with van der Waals surface area (Å²) in [5.41, 5.74) is 5.58. The predicted molar refractivity (Wildman–Crippen MR) is 115 cm³/mol. The van der Waals surface area contributed by atoms with Gasteiger partial charge in [-0.3, -0.25) is 29.8 Å². The van der Waals surface area contributed by atoms with Crippen molar-refractivity contribution in [3.05, 3.63) is 60.7 Å². The number of benzene rings is 1. The van der Waals surface area contributed by atoms with Crippen LogP contribution in [0.15, 0.2) is 38.9 Å². The Morgan fingerprint density at radius 2 is 1.83 bits per heavy atom. The van der Waals surface area contributed by atoms with Crippen molar-refractivity contribution >= 4 is 50.0 Å². The van der Waals surface area contributed by atoms with Crippen LogP contribution in [-0.4, -0.2) is 21.4 Å². The van der Waals surface area contributed by atoms with E-state index >= 15 is 0 Å². The van der Waals surface area contributed by atoms with E-state index in [1.807, 2.05) is 0 Å². The zero-order chi connectivity index (χ0) is 20.4. The van der Waals surface area contributed by atoms with Crippen LogP contribution in [0.3, 0.4) is 0 Å². The molecule has 0 atom stereocenters. The van der Waals surface area contributed by atoms with E-state index in [1.54, 1.807) is 34.9 Å². The summed E-state index contributed by atoms with van der Waals surface area (Å²) >= 11 is 4.57. The van der Waals surface area contributed by atoms with Gasteiger partial charge < -0.3 is 0 Å². The lowest BCUT2D eigenvalue weighted by atomic mass is 10.1. The quantitative estimate of drug-likeness (QED) is 0.556. The van der Waals surface area contributed by atoms with Gasteiger partial charge in [-0.1, -0.05) is 12.8 Å². The van der Waals surface area contributed by atoms with Crippen LogP contribution >= 0.6 is 27.3 Å². The van der Waals surface area contributed by atoms with Crippen molar-refractivity contribution in [3.63, 3.8) is 0 Å². The zero-order valence-electron chi connectivity index (χ0n) is 15.5. The van der Waals surface area contributed by atoms with Gasteiger partial charge in [-0.05, 0) is 59.1 Å². The molecule has 0 spiro atoms. The number of nitrogens with one attached hydrogen (secondary N) is 2. The SMILES string of the molecule is O=C(NNC(=O)c1ccc(Br)s1)c1ccc2c(=O)n3c(nc2c1)CCCCCC3. The largest absolute Gasteiger partial charge is 0.296 e. The van der Waals surface area contributed by atoms with Crippen LogP contribution in [0.1, 0.15) is 51.5 Å². The summed E-state index contributed by atoms with van der Waals surface area (Å²) in [6.07, 6.45) is 4.99. The molecule has 2 aromatic heterocycles. The number of hydrogen-bond acceptors (Lipinski definition) is 5. The topological polar surface area (TPSA) is 93.1 Å². The third-order valence-electron chi connectivity index (χ3n) is 4.92. The zero-order valence-corrected chi connectivity index (χ0v) is 17.9. The Balaban J connectivity index is 1.56. The molecule has 3 aromatic rings. The molecule has 4 rings (SSSR count). The van der Waals surface area contributed by atoms with E-state index in [1.165, 1.54) is 11.3 Å². The highest BCUT2D eigenvalue weighted by molar-refractivity contribution is 9.11. The highest BCUT2D eigenvalue weighted by Gasteiger charge is 2.16. The van der Waals surface area contributed by atoms with Gasteiger partial charge in [0, 0.05) is 18.5 Å². The van der Waals surface area contributed by atoms with Crippen molar-refractivity contribution in [2.24, 2.45) is 0 Å². The van der Waals surface area contributed by atoms with Crippen LogP contribution < -0.4 is 16.4 Å². The van der Waals surface area contributed by atoms with Gasteiger partial charge in [0.2, 0.25) is 0 Å². The molecule has 0 radical (unpaired) electrons. The molecule has 150 valence electrons. The van der Waals surface area contributed by atoms with Crippen molar-refractivity contribution in [1.29, 1.82) is 0 Å². The maximum atomic E-state index is 12.9. The predicted octanol–water partition coefficient (Wildman–Crippen LogP) is 3.41. The monoisotopic (exact) mass is 474 g/mol. The summed E-state index contributed by atoms with van der Waals surface area (Å²) in [5.74, 6) is -0.0894. The van der Waals surface area contributed by atoms with Gasteiger partial charge in [0.25, 0.3) is 17.4 Å². The van der Waals surface area contributed by atoms with Crippen molar-refractivity contribution in [1.82, 2.24) is 20.4 Å².